The van der Waals surface area contributed by atoms with Crippen molar-refractivity contribution in [2.45, 2.75) is 26.3 Å². The molecular weight excluding hydrogens is 430 g/mol. The monoisotopic (exact) mass is 449 g/mol. The van der Waals surface area contributed by atoms with Gasteiger partial charge in [-0.2, -0.15) is 0 Å². The first-order valence-corrected chi connectivity index (χ1v) is 11.6. The number of carbonyl (C=O) groups is 2. The molecule has 1 saturated heterocycles. The highest BCUT2D eigenvalue weighted by molar-refractivity contribution is 7.91. The lowest BCUT2D eigenvalue weighted by Crippen LogP contribution is -2.16. The Morgan fingerprint density at radius 1 is 1.23 bits per heavy atom. The molecule has 1 aromatic carbocycles. The van der Waals surface area contributed by atoms with Crippen molar-refractivity contribution in [1.82, 2.24) is 4.57 Å². The molecule has 1 fully saturated rings. The Bertz CT molecular complexity index is 1270. The fraction of sp³-hybridized carbons (Fsp3) is 0.333. The minimum absolute atomic E-state index is 0.0123. The van der Waals surface area contributed by atoms with Gasteiger partial charge in [-0.3, -0.25) is 4.79 Å². The second kappa shape index (κ2) is 7.59. The molecule has 0 saturated carbocycles. The van der Waals surface area contributed by atoms with Gasteiger partial charge >= 0.3 is 5.97 Å². The topological polar surface area (TPSA) is 95.6 Å². The highest BCUT2D eigenvalue weighted by Crippen LogP contribution is 2.29. The van der Waals surface area contributed by atoms with Crippen LogP contribution in [0.4, 0.5) is 0 Å². The van der Waals surface area contributed by atoms with Crippen molar-refractivity contribution >= 4 is 44.2 Å². The molecule has 3 heterocycles. The molecule has 2 aromatic heterocycles. The summed E-state index contributed by atoms with van der Waals surface area (Å²) in [6, 6.07) is 8.01. The van der Waals surface area contributed by atoms with E-state index in [-0.39, 0.29) is 29.1 Å². The summed E-state index contributed by atoms with van der Waals surface area (Å²) < 4.78 is 36.1. The van der Waals surface area contributed by atoms with Gasteiger partial charge in [-0.1, -0.05) is 11.6 Å². The van der Waals surface area contributed by atoms with Crippen molar-refractivity contribution in [2.24, 2.45) is 0 Å². The minimum atomic E-state index is -3.05. The molecule has 9 heteroatoms. The van der Waals surface area contributed by atoms with Gasteiger partial charge in [-0.05, 0) is 50.6 Å². The van der Waals surface area contributed by atoms with Crippen LogP contribution in [-0.4, -0.2) is 42.9 Å². The molecule has 1 atom stereocenters. The van der Waals surface area contributed by atoms with Gasteiger partial charge in [0, 0.05) is 33.4 Å². The molecule has 30 heavy (non-hydrogen) atoms. The number of hydrogen-bond donors (Lipinski definition) is 0. The van der Waals surface area contributed by atoms with E-state index in [1.165, 1.54) is 6.07 Å². The number of halogens is 1. The molecule has 1 aliphatic heterocycles. The van der Waals surface area contributed by atoms with E-state index in [1.54, 1.807) is 31.2 Å². The van der Waals surface area contributed by atoms with E-state index < -0.39 is 22.4 Å². The van der Waals surface area contributed by atoms with Crippen LogP contribution in [0.2, 0.25) is 5.02 Å². The maximum absolute atomic E-state index is 12.7. The van der Waals surface area contributed by atoms with Crippen LogP contribution >= 0.6 is 11.6 Å². The summed E-state index contributed by atoms with van der Waals surface area (Å²) in [6.07, 6.45) is 0.525. The van der Waals surface area contributed by atoms with Crippen LogP contribution in [0.15, 0.2) is 34.7 Å². The maximum Gasteiger partial charge on any atom is 0.374 e. The lowest BCUT2D eigenvalue weighted by Gasteiger charge is -2.16. The summed E-state index contributed by atoms with van der Waals surface area (Å²) in [5, 5.41) is 1.18. The average molecular weight is 450 g/mol. The molecule has 3 aromatic rings. The highest BCUT2D eigenvalue weighted by atomic mass is 35.5. The van der Waals surface area contributed by atoms with Gasteiger partial charge in [-0.25, -0.2) is 13.2 Å². The van der Waals surface area contributed by atoms with Gasteiger partial charge in [0.1, 0.15) is 5.58 Å². The number of sulfone groups is 1. The van der Waals surface area contributed by atoms with E-state index in [9.17, 15) is 18.0 Å². The molecule has 158 valence electrons. The molecule has 1 unspecified atom stereocenters. The molecule has 0 aliphatic carbocycles. The van der Waals surface area contributed by atoms with Crippen LogP contribution in [0.1, 0.15) is 44.8 Å². The van der Waals surface area contributed by atoms with Gasteiger partial charge in [0.15, 0.2) is 16.4 Å². The Labute approximate surface area is 178 Å². The number of rotatable bonds is 5. The lowest BCUT2D eigenvalue weighted by molar-refractivity contribution is 0.0446. The van der Waals surface area contributed by atoms with E-state index in [2.05, 4.69) is 0 Å². The molecule has 0 amide bonds. The SMILES string of the molecule is Cc1cc(C(=O)COC(=O)c2cc3cc(Cl)ccc3o2)c(C)n1C1CCS(=O)(=O)C1. The van der Waals surface area contributed by atoms with Crippen LogP contribution in [0.3, 0.4) is 0 Å². The number of Topliss-reactive ketones (excluding diaryl/α,β-unsaturated/α-hetero) is 1. The predicted octanol–water partition coefficient (Wildman–Crippen LogP) is 3.90. The van der Waals surface area contributed by atoms with Crippen LogP contribution in [-0.2, 0) is 14.6 Å². The molecule has 0 spiro atoms. The van der Waals surface area contributed by atoms with E-state index in [0.717, 1.165) is 5.69 Å². The zero-order valence-corrected chi connectivity index (χ0v) is 18.0. The van der Waals surface area contributed by atoms with Crippen LogP contribution < -0.4 is 0 Å². The Morgan fingerprint density at radius 3 is 2.70 bits per heavy atom. The summed E-state index contributed by atoms with van der Waals surface area (Å²) in [5.74, 6) is -0.892. The number of aromatic nitrogens is 1. The number of nitrogens with zero attached hydrogens (tertiary/aromatic N) is 1. The second-order valence-electron chi connectivity index (χ2n) is 7.50. The molecule has 1 aliphatic rings. The van der Waals surface area contributed by atoms with Crippen LogP contribution in [0, 0.1) is 13.8 Å². The lowest BCUT2D eigenvalue weighted by atomic mass is 10.1. The Morgan fingerprint density at radius 2 is 2.00 bits per heavy atom. The highest BCUT2D eigenvalue weighted by Gasteiger charge is 2.31. The Balaban J connectivity index is 1.47. The third-order valence-electron chi connectivity index (χ3n) is 5.37. The summed E-state index contributed by atoms with van der Waals surface area (Å²) in [5.41, 5.74) is 2.39. The quantitative estimate of drug-likeness (QED) is 0.433. The number of carbonyl (C=O) groups excluding carboxylic acids is 2. The largest absolute Gasteiger partial charge is 0.451 e. The standard InChI is InChI=1S/C21H20ClNO6S/c1-12-7-17(13(2)23(12)16-5-6-30(26,27)11-16)18(24)10-28-21(25)20-9-14-8-15(22)3-4-19(14)29-20/h3-4,7-9,16H,5-6,10-11H2,1-2H3. The minimum Gasteiger partial charge on any atom is -0.451 e. The molecule has 0 bridgehead atoms. The number of aryl methyl sites for hydroxylation is 1. The zero-order chi connectivity index (χ0) is 21.6. The molecule has 0 N–H and O–H groups in total. The first-order valence-electron chi connectivity index (χ1n) is 9.43. The molecule has 4 rings (SSSR count). The van der Waals surface area contributed by atoms with Gasteiger partial charge in [0.2, 0.25) is 11.5 Å². The molecular formula is C21H20ClNO6S. The predicted molar refractivity (Wildman–Crippen MR) is 112 cm³/mol. The van der Waals surface area contributed by atoms with E-state index in [1.807, 2.05) is 11.5 Å². The third-order valence-corrected chi connectivity index (χ3v) is 7.36. The normalized spacial score (nSPS) is 18.0. The van der Waals surface area contributed by atoms with Crippen molar-refractivity contribution in [1.29, 1.82) is 0 Å². The fourth-order valence-electron chi connectivity index (χ4n) is 4.00. The molecule has 0 radical (unpaired) electrons. The third kappa shape index (κ3) is 3.89. The van der Waals surface area contributed by atoms with Crippen molar-refractivity contribution in [3.8, 4) is 0 Å². The number of fused-ring (bicyclic) bond motifs is 1. The fourth-order valence-corrected chi connectivity index (χ4v) is 5.88. The number of ketones is 1. The number of esters is 1. The first-order chi connectivity index (χ1) is 14.1. The van der Waals surface area contributed by atoms with Crippen LogP contribution in [0.25, 0.3) is 11.0 Å². The zero-order valence-electron chi connectivity index (χ0n) is 16.5. The average Bonchev–Trinajstić information content (AvgIpc) is 3.34. The van der Waals surface area contributed by atoms with Crippen molar-refractivity contribution < 1.29 is 27.2 Å². The summed E-state index contributed by atoms with van der Waals surface area (Å²) in [6.45, 7) is 3.17. The number of furan rings is 1. The van der Waals surface area contributed by atoms with Gasteiger partial charge in [0.05, 0.1) is 11.5 Å². The summed E-state index contributed by atoms with van der Waals surface area (Å²) >= 11 is 5.93. The molecule has 7 nitrogen and oxygen atoms in total. The number of ether oxygens (including phenoxy) is 1. The van der Waals surface area contributed by atoms with Gasteiger partial charge in [0.25, 0.3) is 0 Å². The van der Waals surface area contributed by atoms with Gasteiger partial charge in [-0.15, -0.1) is 0 Å². The Kier molecular flexibility index (Phi) is 5.23. The first kappa shape index (κ1) is 20.7. The summed E-state index contributed by atoms with van der Waals surface area (Å²) in [7, 11) is -3.05. The maximum atomic E-state index is 12.7. The van der Waals surface area contributed by atoms with E-state index in [0.29, 0.717) is 33.7 Å². The van der Waals surface area contributed by atoms with E-state index >= 15 is 0 Å². The number of benzene rings is 1. The van der Waals surface area contributed by atoms with Crippen molar-refractivity contribution in [3.63, 3.8) is 0 Å². The smallest absolute Gasteiger partial charge is 0.374 e. The van der Waals surface area contributed by atoms with Crippen molar-refractivity contribution in [2.75, 3.05) is 18.1 Å². The number of hydrogen-bond acceptors (Lipinski definition) is 6. The Hall–Kier alpha value is -2.58. The van der Waals surface area contributed by atoms with Gasteiger partial charge < -0.3 is 13.7 Å². The van der Waals surface area contributed by atoms with Crippen molar-refractivity contribution in [3.05, 3.63) is 58.1 Å². The van der Waals surface area contributed by atoms with E-state index in [4.69, 9.17) is 20.8 Å². The second-order valence-corrected chi connectivity index (χ2v) is 10.2. The summed E-state index contributed by atoms with van der Waals surface area (Å²) in [4.78, 5) is 25.0. The van der Waals surface area contributed by atoms with Crippen LogP contribution in [0.5, 0.6) is 0 Å².